The Bertz CT molecular complexity index is 833. The first kappa shape index (κ1) is 21.9. The molecule has 3 rings (SSSR count). The molecule has 2 N–H and O–H groups in total. The zero-order valence-electron chi connectivity index (χ0n) is 18.3. The smallest absolute Gasteiger partial charge is 0.317 e. The maximum atomic E-state index is 12.4. The van der Waals surface area contributed by atoms with Crippen molar-refractivity contribution in [2.24, 2.45) is 5.92 Å². The zero-order valence-corrected chi connectivity index (χ0v) is 18.3. The van der Waals surface area contributed by atoms with Gasteiger partial charge < -0.3 is 15.5 Å². The van der Waals surface area contributed by atoms with E-state index in [1.807, 2.05) is 56.0 Å². The second kappa shape index (κ2) is 9.79. The van der Waals surface area contributed by atoms with Gasteiger partial charge in [0.1, 0.15) is 0 Å². The number of benzene rings is 2. The molecule has 0 aromatic heterocycles. The highest BCUT2D eigenvalue weighted by Crippen LogP contribution is 2.20. The molecule has 0 spiro atoms. The van der Waals surface area contributed by atoms with Crippen LogP contribution in [0.2, 0.25) is 0 Å². The number of carbonyl (C=O) groups is 2. The number of carbonyl (C=O) groups excluding carboxylic acids is 2. The quantitative estimate of drug-likeness (QED) is 0.779. The van der Waals surface area contributed by atoms with E-state index in [4.69, 9.17) is 0 Å². The van der Waals surface area contributed by atoms with Crippen LogP contribution in [0.1, 0.15) is 39.2 Å². The number of nitrogens with zero attached hydrogens (tertiary/aromatic N) is 1. The van der Waals surface area contributed by atoms with Crippen LogP contribution >= 0.6 is 0 Å². The van der Waals surface area contributed by atoms with Crippen LogP contribution in [0, 0.1) is 5.92 Å². The van der Waals surface area contributed by atoms with E-state index in [0.29, 0.717) is 18.9 Å². The van der Waals surface area contributed by atoms with Crippen LogP contribution in [0.5, 0.6) is 0 Å². The van der Waals surface area contributed by atoms with E-state index in [9.17, 15) is 9.59 Å². The lowest BCUT2D eigenvalue weighted by Gasteiger charge is -2.34. The Hall–Kier alpha value is -2.82. The molecule has 0 atom stereocenters. The summed E-state index contributed by atoms with van der Waals surface area (Å²) >= 11 is 0. The van der Waals surface area contributed by atoms with Crippen molar-refractivity contribution in [1.29, 1.82) is 0 Å². The molecule has 2 aromatic rings. The van der Waals surface area contributed by atoms with Crippen LogP contribution in [0.3, 0.4) is 0 Å². The first-order chi connectivity index (χ1) is 14.3. The number of rotatable bonds is 5. The van der Waals surface area contributed by atoms with E-state index < -0.39 is 0 Å². The molecule has 0 radical (unpaired) electrons. The second-order valence-electron chi connectivity index (χ2n) is 9.15. The monoisotopic (exact) mass is 407 g/mol. The molecular weight excluding hydrogens is 374 g/mol. The topological polar surface area (TPSA) is 61.4 Å². The highest BCUT2D eigenvalue weighted by Gasteiger charge is 2.25. The van der Waals surface area contributed by atoms with Crippen LogP contribution in [-0.4, -0.2) is 42.0 Å². The summed E-state index contributed by atoms with van der Waals surface area (Å²) in [5.41, 5.74) is 3.13. The van der Waals surface area contributed by atoms with Gasteiger partial charge >= 0.3 is 6.03 Å². The maximum Gasteiger partial charge on any atom is 0.317 e. The number of piperidine rings is 1. The lowest BCUT2D eigenvalue weighted by atomic mass is 9.96. The average Bonchev–Trinajstić information content (AvgIpc) is 2.72. The molecule has 0 aliphatic carbocycles. The molecule has 3 amide bonds. The van der Waals surface area contributed by atoms with Gasteiger partial charge in [-0.15, -0.1) is 0 Å². The van der Waals surface area contributed by atoms with E-state index in [0.717, 1.165) is 37.1 Å². The van der Waals surface area contributed by atoms with E-state index in [1.165, 1.54) is 5.56 Å². The molecule has 1 heterocycles. The summed E-state index contributed by atoms with van der Waals surface area (Å²) in [7, 11) is 0. The minimum absolute atomic E-state index is 0.00364. The lowest BCUT2D eigenvalue weighted by molar-refractivity contribution is -0.120. The van der Waals surface area contributed by atoms with E-state index in [-0.39, 0.29) is 17.5 Å². The third-order valence-corrected chi connectivity index (χ3v) is 5.40. The highest BCUT2D eigenvalue weighted by molar-refractivity contribution is 5.79. The second-order valence-corrected chi connectivity index (χ2v) is 9.15. The summed E-state index contributed by atoms with van der Waals surface area (Å²) in [5, 5.41) is 6.08. The number of nitrogens with one attached hydrogen (secondary N) is 2. The SMILES string of the molecule is CC(C)(C)NC(=O)N1CCC(CNC(=O)Cc2ccc(-c3ccccc3)cc2)CC1. The van der Waals surface area contributed by atoms with Crippen LogP contribution in [-0.2, 0) is 11.2 Å². The lowest BCUT2D eigenvalue weighted by Crippen LogP contribution is -2.51. The summed E-state index contributed by atoms with van der Waals surface area (Å²) in [6.45, 7) is 8.12. The van der Waals surface area contributed by atoms with Crippen molar-refractivity contribution in [2.75, 3.05) is 19.6 Å². The predicted octanol–water partition coefficient (Wildman–Crippen LogP) is 4.23. The van der Waals surface area contributed by atoms with Crippen molar-refractivity contribution < 1.29 is 9.59 Å². The molecule has 0 bridgehead atoms. The van der Waals surface area contributed by atoms with Gasteiger partial charge in [-0.2, -0.15) is 0 Å². The van der Waals surface area contributed by atoms with Crippen LogP contribution in [0.15, 0.2) is 54.6 Å². The fourth-order valence-electron chi connectivity index (χ4n) is 3.69. The fourth-order valence-corrected chi connectivity index (χ4v) is 3.69. The van der Waals surface area contributed by atoms with Gasteiger partial charge in [-0.3, -0.25) is 4.79 Å². The molecule has 1 aliphatic heterocycles. The summed E-state index contributed by atoms with van der Waals surface area (Å²) in [4.78, 5) is 26.5. The number of amides is 3. The Kier molecular flexibility index (Phi) is 7.14. The van der Waals surface area contributed by atoms with Gasteiger partial charge in [-0.1, -0.05) is 54.6 Å². The van der Waals surface area contributed by atoms with Gasteiger partial charge in [0, 0.05) is 25.2 Å². The van der Waals surface area contributed by atoms with E-state index in [1.54, 1.807) is 0 Å². The molecule has 30 heavy (non-hydrogen) atoms. The van der Waals surface area contributed by atoms with Crippen LogP contribution in [0.25, 0.3) is 11.1 Å². The van der Waals surface area contributed by atoms with E-state index in [2.05, 4.69) is 34.9 Å². The maximum absolute atomic E-state index is 12.4. The van der Waals surface area contributed by atoms with Gasteiger partial charge in [0.15, 0.2) is 0 Å². The summed E-state index contributed by atoms with van der Waals surface area (Å²) in [6.07, 6.45) is 2.23. The third-order valence-electron chi connectivity index (χ3n) is 5.40. The van der Waals surface area contributed by atoms with Gasteiger partial charge in [0.2, 0.25) is 5.91 Å². The van der Waals surface area contributed by atoms with Crippen molar-refractivity contribution in [3.8, 4) is 11.1 Å². The minimum Gasteiger partial charge on any atom is -0.356 e. The van der Waals surface area contributed by atoms with Gasteiger partial charge in [0.25, 0.3) is 0 Å². The molecule has 5 nitrogen and oxygen atoms in total. The molecule has 5 heteroatoms. The number of urea groups is 1. The molecule has 1 aliphatic rings. The summed E-state index contributed by atoms with van der Waals surface area (Å²) < 4.78 is 0. The van der Waals surface area contributed by atoms with Gasteiger partial charge in [-0.25, -0.2) is 4.79 Å². The Morgan fingerprint density at radius 1 is 0.933 bits per heavy atom. The molecule has 160 valence electrons. The number of likely N-dealkylation sites (tertiary alicyclic amines) is 1. The summed E-state index contributed by atoms with van der Waals surface area (Å²) in [5.74, 6) is 0.475. The Balaban J connectivity index is 1.40. The van der Waals surface area contributed by atoms with Crippen molar-refractivity contribution in [2.45, 2.75) is 45.6 Å². The van der Waals surface area contributed by atoms with Crippen molar-refractivity contribution >= 4 is 11.9 Å². The largest absolute Gasteiger partial charge is 0.356 e. The fraction of sp³-hybridized carbons (Fsp3) is 0.440. The first-order valence-electron chi connectivity index (χ1n) is 10.8. The Morgan fingerprint density at radius 3 is 2.13 bits per heavy atom. The van der Waals surface area contributed by atoms with Gasteiger partial charge in [0.05, 0.1) is 6.42 Å². The normalized spacial score (nSPS) is 15.0. The average molecular weight is 408 g/mol. The molecule has 0 unspecified atom stereocenters. The number of hydrogen-bond acceptors (Lipinski definition) is 2. The van der Waals surface area contributed by atoms with Crippen molar-refractivity contribution in [3.63, 3.8) is 0 Å². The van der Waals surface area contributed by atoms with Gasteiger partial charge in [-0.05, 0) is 56.2 Å². The molecule has 2 aromatic carbocycles. The van der Waals surface area contributed by atoms with Crippen molar-refractivity contribution in [1.82, 2.24) is 15.5 Å². The summed E-state index contributed by atoms with van der Waals surface area (Å²) in [6, 6.07) is 18.4. The Morgan fingerprint density at radius 2 is 1.53 bits per heavy atom. The van der Waals surface area contributed by atoms with Crippen LogP contribution < -0.4 is 10.6 Å². The predicted molar refractivity (Wildman–Crippen MR) is 121 cm³/mol. The zero-order chi connectivity index (χ0) is 21.6. The molecular formula is C25H33N3O2. The van der Waals surface area contributed by atoms with Crippen LogP contribution in [0.4, 0.5) is 4.79 Å². The molecule has 1 saturated heterocycles. The standard InChI is InChI=1S/C25H33N3O2/c1-25(2,3)27-24(30)28-15-13-20(14-16-28)18-26-23(29)17-19-9-11-22(12-10-19)21-7-5-4-6-8-21/h4-12,20H,13-18H2,1-3H3,(H,26,29)(H,27,30). The highest BCUT2D eigenvalue weighted by atomic mass is 16.2. The van der Waals surface area contributed by atoms with Crippen molar-refractivity contribution in [3.05, 3.63) is 60.2 Å². The minimum atomic E-state index is -0.221. The van der Waals surface area contributed by atoms with E-state index >= 15 is 0 Å². The number of hydrogen-bond donors (Lipinski definition) is 2. The molecule has 0 saturated carbocycles. The Labute approximate surface area is 179 Å². The first-order valence-corrected chi connectivity index (χ1v) is 10.8. The molecule has 1 fully saturated rings. The third kappa shape index (κ3) is 6.61.